The maximum absolute atomic E-state index is 12.0. The second-order valence-electron chi connectivity index (χ2n) is 4.98. The number of nitrogens with zero attached hydrogens (tertiary/aromatic N) is 2. The fourth-order valence-electron chi connectivity index (χ4n) is 2.43. The van der Waals surface area contributed by atoms with Gasteiger partial charge in [-0.1, -0.05) is 0 Å². The van der Waals surface area contributed by atoms with E-state index >= 15 is 0 Å². The number of likely N-dealkylation sites (tertiary alicyclic amines) is 1. The van der Waals surface area contributed by atoms with Crippen LogP contribution in [0.15, 0.2) is 0 Å². The van der Waals surface area contributed by atoms with E-state index < -0.39 is 9.84 Å². The molecule has 0 N–H and O–H groups in total. The molecule has 2 saturated heterocycles. The van der Waals surface area contributed by atoms with Crippen LogP contribution in [0.2, 0.25) is 0 Å². The summed E-state index contributed by atoms with van der Waals surface area (Å²) < 4.78 is 22.7. The van der Waals surface area contributed by atoms with E-state index in [0.29, 0.717) is 19.4 Å². The highest BCUT2D eigenvalue weighted by molar-refractivity contribution is 7.91. The maximum Gasteiger partial charge on any atom is 0.242 e. The molecule has 0 aromatic rings. The van der Waals surface area contributed by atoms with Gasteiger partial charge in [-0.3, -0.25) is 9.59 Å². The van der Waals surface area contributed by atoms with E-state index in [1.807, 2.05) is 0 Å². The van der Waals surface area contributed by atoms with Gasteiger partial charge < -0.3 is 9.80 Å². The Morgan fingerprint density at radius 3 is 2.72 bits per heavy atom. The van der Waals surface area contributed by atoms with E-state index in [-0.39, 0.29) is 35.9 Å². The molecule has 0 aromatic heterocycles. The van der Waals surface area contributed by atoms with Crippen LogP contribution in [-0.4, -0.2) is 67.7 Å². The summed E-state index contributed by atoms with van der Waals surface area (Å²) in [4.78, 5) is 26.4. The zero-order valence-electron chi connectivity index (χ0n) is 10.5. The second-order valence-corrected chi connectivity index (χ2v) is 7.21. The molecule has 2 fully saturated rings. The highest BCUT2D eigenvalue weighted by Gasteiger charge is 2.33. The Morgan fingerprint density at radius 2 is 2.22 bits per heavy atom. The molecular weight excluding hydrogens is 256 g/mol. The molecule has 2 aliphatic heterocycles. The molecule has 2 aliphatic rings. The van der Waals surface area contributed by atoms with Crippen LogP contribution in [0.25, 0.3) is 0 Å². The summed E-state index contributed by atoms with van der Waals surface area (Å²) in [6.45, 7) is 0.702. The Bertz CT molecular complexity index is 460. The molecule has 1 atom stereocenters. The van der Waals surface area contributed by atoms with E-state index in [1.54, 1.807) is 11.9 Å². The van der Waals surface area contributed by atoms with E-state index in [9.17, 15) is 18.0 Å². The largest absolute Gasteiger partial charge is 0.340 e. The number of carbonyl (C=O) groups excluding carboxylic acids is 2. The van der Waals surface area contributed by atoms with E-state index in [1.165, 1.54) is 4.90 Å². The van der Waals surface area contributed by atoms with Crippen LogP contribution in [0.5, 0.6) is 0 Å². The predicted molar refractivity (Wildman–Crippen MR) is 65.6 cm³/mol. The van der Waals surface area contributed by atoms with Crippen molar-refractivity contribution in [3.05, 3.63) is 0 Å². The molecule has 2 rings (SSSR count). The van der Waals surface area contributed by atoms with Crippen LogP contribution in [-0.2, 0) is 19.4 Å². The molecule has 0 bridgehead atoms. The standard InChI is InChI=1S/C11H18N2O4S/c1-12(9-4-6-18(16,17)8-9)11(15)7-13-5-2-3-10(13)14/h9H,2-8H2,1H3. The maximum atomic E-state index is 12.0. The van der Waals surface area contributed by atoms with Gasteiger partial charge >= 0.3 is 0 Å². The van der Waals surface area contributed by atoms with Gasteiger partial charge in [0, 0.05) is 26.1 Å². The third-order valence-corrected chi connectivity index (χ3v) is 5.40. The van der Waals surface area contributed by atoms with Crippen molar-refractivity contribution in [2.75, 3.05) is 31.6 Å². The lowest BCUT2D eigenvalue weighted by Crippen LogP contribution is -2.44. The molecule has 0 radical (unpaired) electrons. The van der Waals surface area contributed by atoms with Crippen molar-refractivity contribution in [2.24, 2.45) is 0 Å². The molecule has 2 amide bonds. The zero-order chi connectivity index (χ0) is 13.3. The third kappa shape index (κ3) is 2.82. The number of hydrogen-bond donors (Lipinski definition) is 0. The van der Waals surface area contributed by atoms with Crippen LogP contribution in [0.1, 0.15) is 19.3 Å². The normalized spacial score (nSPS) is 26.6. The van der Waals surface area contributed by atoms with Crippen molar-refractivity contribution in [1.82, 2.24) is 9.80 Å². The molecule has 102 valence electrons. The highest BCUT2D eigenvalue weighted by atomic mass is 32.2. The van der Waals surface area contributed by atoms with Crippen LogP contribution in [0, 0.1) is 0 Å². The summed E-state index contributed by atoms with van der Waals surface area (Å²) in [5.41, 5.74) is 0. The molecule has 7 heteroatoms. The summed E-state index contributed by atoms with van der Waals surface area (Å²) in [6.07, 6.45) is 1.81. The first-order valence-corrected chi connectivity index (χ1v) is 7.95. The number of carbonyl (C=O) groups is 2. The van der Waals surface area contributed by atoms with Crippen molar-refractivity contribution in [2.45, 2.75) is 25.3 Å². The molecular formula is C11H18N2O4S. The quantitative estimate of drug-likeness (QED) is 0.679. The first-order chi connectivity index (χ1) is 8.39. The number of rotatable bonds is 3. The third-order valence-electron chi connectivity index (χ3n) is 3.65. The number of sulfone groups is 1. The van der Waals surface area contributed by atoms with Crippen LogP contribution in [0.3, 0.4) is 0 Å². The molecule has 0 aliphatic carbocycles. The topological polar surface area (TPSA) is 74.8 Å². The van der Waals surface area contributed by atoms with E-state index in [0.717, 1.165) is 6.42 Å². The molecule has 0 spiro atoms. The molecule has 18 heavy (non-hydrogen) atoms. The highest BCUT2D eigenvalue weighted by Crippen LogP contribution is 2.17. The summed E-state index contributed by atoms with van der Waals surface area (Å²) >= 11 is 0. The smallest absolute Gasteiger partial charge is 0.242 e. The SMILES string of the molecule is CN(C(=O)CN1CCCC1=O)C1CCS(=O)(=O)C1. The summed E-state index contributed by atoms with van der Waals surface area (Å²) in [6, 6.07) is -0.236. The summed E-state index contributed by atoms with van der Waals surface area (Å²) in [5.74, 6) is 0.0318. The summed E-state index contributed by atoms with van der Waals surface area (Å²) in [7, 11) is -1.37. The number of likely N-dealkylation sites (N-methyl/N-ethyl adjacent to an activating group) is 1. The van der Waals surface area contributed by atoms with Crippen molar-refractivity contribution >= 4 is 21.7 Å². The fraction of sp³-hybridized carbons (Fsp3) is 0.818. The van der Waals surface area contributed by atoms with Gasteiger partial charge in [0.1, 0.15) is 0 Å². The van der Waals surface area contributed by atoms with Gasteiger partial charge in [0.15, 0.2) is 9.84 Å². The van der Waals surface area contributed by atoms with Crippen molar-refractivity contribution in [3.8, 4) is 0 Å². The average molecular weight is 274 g/mol. The minimum Gasteiger partial charge on any atom is -0.340 e. The van der Waals surface area contributed by atoms with Crippen LogP contribution >= 0.6 is 0 Å². The molecule has 0 aromatic carbocycles. The van der Waals surface area contributed by atoms with Crippen molar-refractivity contribution in [1.29, 1.82) is 0 Å². The van der Waals surface area contributed by atoms with Crippen molar-refractivity contribution < 1.29 is 18.0 Å². The van der Waals surface area contributed by atoms with Gasteiger partial charge in [-0.25, -0.2) is 8.42 Å². The Labute approximate surface area is 107 Å². The Balaban J connectivity index is 1.91. The lowest BCUT2D eigenvalue weighted by Gasteiger charge is -2.26. The van der Waals surface area contributed by atoms with Crippen molar-refractivity contribution in [3.63, 3.8) is 0 Å². The summed E-state index contributed by atoms with van der Waals surface area (Å²) in [5, 5.41) is 0. The molecule has 1 unspecified atom stereocenters. The predicted octanol–water partition coefficient (Wildman–Crippen LogP) is -0.746. The average Bonchev–Trinajstić information content (AvgIpc) is 2.84. The van der Waals surface area contributed by atoms with Gasteiger partial charge in [-0.15, -0.1) is 0 Å². The van der Waals surface area contributed by atoms with E-state index in [4.69, 9.17) is 0 Å². The van der Waals surface area contributed by atoms with Gasteiger partial charge in [0.05, 0.1) is 18.1 Å². The Morgan fingerprint density at radius 1 is 1.50 bits per heavy atom. The number of amides is 2. The monoisotopic (exact) mass is 274 g/mol. The molecule has 6 nitrogen and oxygen atoms in total. The zero-order valence-corrected chi connectivity index (χ0v) is 11.3. The minimum absolute atomic E-state index is 0.00999. The lowest BCUT2D eigenvalue weighted by molar-refractivity contribution is -0.138. The Hall–Kier alpha value is -1.11. The molecule has 2 heterocycles. The molecule has 0 saturated carbocycles. The van der Waals surface area contributed by atoms with Crippen LogP contribution in [0.4, 0.5) is 0 Å². The van der Waals surface area contributed by atoms with Gasteiger partial charge in [0.25, 0.3) is 0 Å². The van der Waals surface area contributed by atoms with Gasteiger partial charge in [-0.05, 0) is 12.8 Å². The second kappa shape index (κ2) is 4.87. The number of hydrogen-bond acceptors (Lipinski definition) is 4. The fourth-order valence-corrected chi connectivity index (χ4v) is 4.20. The van der Waals surface area contributed by atoms with E-state index in [2.05, 4.69) is 0 Å². The first-order valence-electron chi connectivity index (χ1n) is 6.13. The van der Waals surface area contributed by atoms with Gasteiger partial charge in [-0.2, -0.15) is 0 Å². The van der Waals surface area contributed by atoms with Crippen LogP contribution < -0.4 is 0 Å². The lowest BCUT2D eigenvalue weighted by atomic mass is 10.2. The minimum atomic E-state index is -2.99. The first kappa shape index (κ1) is 13.3. The van der Waals surface area contributed by atoms with Gasteiger partial charge in [0.2, 0.25) is 11.8 Å². The Kier molecular flexibility index (Phi) is 3.61.